The van der Waals surface area contributed by atoms with E-state index in [1.54, 1.807) is 0 Å². The molecule has 0 amide bonds. The third-order valence-electron chi connectivity index (χ3n) is 1.84. The van der Waals surface area contributed by atoms with Gasteiger partial charge in [-0.15, -0.1) is 0 Å². The second-order valence-corrected chi connectivity index (χ2v) is 3.04. The minimum Gasteiger partial charge on any atom is -0.328 e. The molecule has 2 N–H and O–H groups in total. The number of hydrogen-bond donors (Lipinski definition) is 1. The SMILES string of the molecule is CC.CC.CCCCCC(N)CCC. The Morgan fingerprint density at radius 2 is 1.29 bits per heavy atom. The number of rotatable bonds is 6. The van der Waals surface area contributed by atoms with Crippen molar-refractivity contribution >= 4 is 0 Å². The summed E-state index contributed by atoms with van der Waals surface area (Å²) >= 11 is 0. The van der Waals surface area contributed by atoms with E-state index in [1.165, 1.54) is 38.5 Å². The van der Waals surface area contributed by atoms with Gasteiger partial charge in [0.2, 0.25) is 0 Å². The molecule has 0 aromatic carbocycles. The van der Waals surface area contributed by atoms with E-state index in [2.05, 4.69) is 13.8 Å². The minimum atomic E-state index is 0.469. The van der Waals surface area contributed by atoms with Crippen LogP contribution in [0, 0.1) is 0 Å². The van der Waals surface area contributed by atoms with E-state index in [9.17, 15) is 0 Å². The van der Waals surface area contributed by atoms with E-state index in [0.29, 0.717) is 6.04 Å². The Balaban J connectivity index is -0.000000266. The lowest BCUT2D eigenvalue weighted by atomic mass is 10.1. The number of hydrogen-bond acceptors (Lipinski definition) is 1. The van der Waals surface area contributed by atoms with Crippen LogP contribution in [-0.2, 0) is 0 Å². The maximum absolute atomic E-state index is 5.82. The van der Waals surface area contributed by atoms with E-state index in [4.69, 9.17) is 5.73 Å². The summed E-state index contributed by atoms with van der Waals surface area (Å²) in [7, 11) is 0. The van der Waals surface area contributed by atoms with Gasteiger partial charge >= 0.3 is 0 Å². The second kappa shape index (κ2) is 23.1. The molecule has 0 radical (unpaired) electrons. The van der Waals surface area contributed by atoms with Crippen LogP contribution in [0.15, 0.2) is 0 Å². The molecule has 0 aliphatic carbocycles. The minimum absolute atomic E-state index is 0.469. The van der Waals surface area contributed by atoms with Gasteiger partial charge in [-0.3, -0.25) is 0 Å². The summed E-state index contributed by atoms with van der Waals surface area (Å²) in [5.74, 6) is 0. The molecule has 0 bridgehead atoms. The van der Waals surface area contributed by atoms with E-state index in [1.807, 2.05) is 27.7 Å². The van der Waals surface area contributed by atoms with Gasteiger partial charge in [0.05, 0.1) is 0 Å². The summed E-state index contributed by atoms with van der Waals surface area (Å²) in [5.41, 5.74) is 5.82. The van der Waals surface area contributed by atoms with E-state index in [-0.39, 0.29) is 0 Å². The quantitative estimate of drug-likeness (QED) is 0.620. The zero-order valence-corrected chi connectivity index (χ0v) is 11.4. The van der Waals surface area contributed by atoms with Gasteiger partial charge in [-0.05, 0) is 12.8 Å². The van der Waals surface area contributed by atoms with E-state index >= 15 is 0 Å². The van der Waals surface area contributed by atoms with Crippen LogP contribution < -0.4 is 5.73 Å². The summed E-state index contributed by atoms with van der Waals surface area (Å²) in [4.78, 5) is 0. The highest BCUT2D eigenvalue weighted by atomic mass is 14.6. The highest BCUT2D eigenvalue weighted by Crippen LogP contribution is 2.05. The lowest BCUT2D eigenvalue weighted by molar-refractivity contribution is 0.524. The van der Waals surface area contributed by atoms with Crippen LogP contribution in [-0.4, -0.2) is 6.04 Å². The Labute approximate surface area is 92.5 Å². The van der Waals surface area contributed by atoms with Gasteiger partial charge in [-0.2, -0.15) is 0 Å². The Bertz CT molecular complexity index is 62.3. The fourth-order valence-corrected chi connectivity index (χ4v) is 1.17. The molecule has 0 spiro atoms. The molecule has 0 aromatic rings. The molecule has 90 valence electrons. The number of unbranched alkanes of at least 4 members (excludes halogenated alkanes) is 2. The highest BCUT2D eigenvalue weighted by Gasteiger charge is 1.98. The molecule has 1 unspecified atom stereocenters. The normalized spacial score (nSPS) is 10.5. The third kappa shape index (κ3) is 22.7. The smallest absolute Gasteiger partial charge is 0.00387 e. The molecular weight excluding hydrogens is 170 g/mol. The van der Waals surface area contributed by atoms with Crippen LogP contribution in [0.2, 0.25) is 0 Å². The third-order valence-corrected chi connectivity index (χ3v) is 1.84. The molecule has 0 aliphatic rings. The first-order valence-corrected chi connectivity index (χ1v) is 6.56. The fourth-order valence-electron chi connectivity index (χ4n) is 1.17. The van der Waals surface area contributed by atoms with Gasteiger partial charge in [0.15, 0.2) is 0 Å². The Morgan fingerprint density at radius 1 is 0.786 bits per heavy atom. The predicted octanol–water partition coefficient (Wildman–Crippen LogP) is 4.75. The van der Waals surface area contributed by atoms with Crippen molar-refractivity contribution in [1.29, 1.82) is 0 Å². The Hall–Kier alpha value is -0.0400. The van der Waals surface area contributed by atoms with Crippen molar-refractivity contribution in [3.63, 3.8) is 0 Å². The fraction of sp³-hybridized carbons (Fsp3) is 1.00. The summed E-state index contributed by atoms with van der Waals surface area (Å²) in [6.45, 7) is 12.4. The molecule has 1 nitrogen and oxygen atoms in total. The molecular formula is C13H33N. The van der Waals surface area contributed by atoms with Gasteiger partial charge in [0.1, 0.15) is 0 Å². The molecule has 0 rings (SSSR count). The van der Waals surface area contributed by atoms with Crippen LogP contribution >= 0.6 is 0 Å². The molecule has 0 saturated heterocycles. The van der Waals surface area contributed by atoms with Crippen LogP contribution in [0.25, 0.3) is 0 Å². The first kappa shape index (κ1) is 19.5. The van der Waals surface area contributed by atoms with Crippen LogP contribution in [0.5, 0.6) is 0 Å². The van der Waals surface area contributed by atoms with Gasteiger partial charge < -0.3 is 5.73 Å². The van der Waals surface area contributed by atoms with Crippen molar-refractivity contribution in [1.82, 2.24) is 0 Å². The monoisotopic (exact) mass is 203 g/mol. The van der Waals surface area contributed by atoms with Crippen LogP contribution in [0.1, 0.15) is 80.1 Å². The lowest BCUT2D eigenvalue weighted by Gasteiger charge is -2.08. The van der Waals surface area contributed by atoms with Crippen molar-refractivity contribution in [2.75, 3.05) is 0 Å². The second-order valence-electron chi connectivity index (χ2n) is 3.04. The predicted molar refractivity (Wildman–Crippen MR) is 69.7 cm³/mol. The molecule has 0 aliphatic heterocycles. The molecule has 0 fully saturated rings. The Morgan fingerprint density at radius 3 is 1.64 bits per heavy atom. The van der Waals surface area contributed by atoms with E-state index < -0.39 is 0 Å². The zero-order chi connectivity index (χ0) is 11.8. The highest BCUT2D eigenvalue weighted by molar-refractivity contribution is 4.59. The maximum atomic E-state index is 5.82. The first-order chi connectivity index (χ1) is 6.81. The first-order valence-electron chi connectivity index (χ1n) is 6.56. The van der Waals surface area contributed by atoms with Gasteiger partial charge in [0.25, 0.3) is 0 Å². The van der Waals surface area contributed by atoms with Crippen molar-refractivity contribution in [3.05, 3.63) is 0 Å². The molecule has 0 heterocycles. The summed E-state index contributed by atoms with van der Waals surface area (Å²) in [6.07, 6.45) is 7.62. The van der Waals surface area contributed by atoms with Gasteiger partial charge in [0, 0.05) is 6.04 Å². The van der Waals surface area contributed by atoms with Gasteiger partial charge in [-0.25, -0.2) is 0 Å². The summed E-state index contributed by atoms with van der Waals surface area (Å²) in [5, 5.41) is 0. The standard InChI is InChI=1S/C9H21N.2C2H6/c1-3-5-6-8-9(10)7-4-2;2*1-2/h9H,3-8,10H2,1-2H3;2*1-2H3. The maximum Gasteiger partial charge on any atom is 0.00387 e. The molecule has 1 heteroatoms. The molecule has 0 saturated carbocycles. The van der Waals surface area contributed by atoms with Crippen molar-refractivity contribution < 1.29 is 0 Å². The zero-order valence-electron chi connectivity index (χ0n) is 11.4. The van der Waals surface area contributed by atoms with Crippen molar-refractivity contribution in [3.8, 4) is 0 Å². The summed E-state index contributed by atoms with van der Waals surface area (Å²) in [6, 6.07) is 0.469. The van der Waals surface area contributed by atoms with E-state index in [0.717, 1.165) is 0 Å². The lowest BCUT2D eigenvalue weighted by Crippen LogP contribution is -2.18. The van der Waals surface area contributed by atoms with Crippen molar-refractivity contribution in [2.24, 2.45) is 5.73 Å². The molecule has 1 atom stereocenters. The average molecular weight is 203 g/mol. The van der Waals surface area contributed by atoms with Crippen molar-refractivity contribution in [2.45, 2.75) is 86.1 Å². The molecule has 14 heavy (non-hydrogen) atoms. The summed E-state index contributed by atoms with van der Waals surface area (Å²) < 4.78 is 0. The topological polar surface area (TPSA) is 26.0 Å². The van der Waals surface area contributed by atoms with Gasteiger partial charge in [-0.1, -0.05) is 67.2 Å². The Kier molecular flexibility index (Phi) is 32.2. The van der Waals surface area contributed by atoms with Crippen LogP contribution in [0.3, 0.4) is 0 Å². The largest absolute Gasteiger partial charge is 0.328 e. The average Bonchev–Trinajstić information content (AvgIpc) is 2.25. The number of nitrogens with two attached hydrogens (primary N) is 1. The molecule has 0 aromatic heterocycles. The van der Waals surface area contributed by atoms with Crippen LogP contribution in [0.4, 0.5) is 0 Å².